The van der Waals surface area contributed by atoms with Gasteiger partial charge in [-0.25, -0.2) is 9.78 Å². The summed E-state index contributed by atoms with van der Waals surface area (Å²) in [5.74, 6) is -0.254. The van der Waals surface area contributed by atoms with E-state index >= 15 is 0 Å². The van der Waals surface area contributed by atoms with E-state index < -0.39 is 0 Å². The first-order valence-electron chi connectivity index (χ1n) is 7.00. The normalized spacial score (nSPS) is 11.0. The van der Waals surface area contributed by atoms with Gasteiger partial charge in [0.1, 0.15) is 6.54 Å². The van der Waals surface area contributed by atoms with Crippen LogP contribution in [-0.4, -0.2) is 20.0 Å². The summed E-state index contributed by atoms with van der Waals surface area (Å²) in [6.07, 6.45) is 1.70. The number of para-hydroxylation sites is 2. The Labute approximate surface area is 131 Å². The molecule has 0 saturated carbocycles. The summed E-state index contributed by atoms with van der Waals surface area (Å²) in [5.41, 5.74) is 1.43. The number of rotatable bonds is 4. The van der Waals surface area contributed by atoms with Crippen molar-refractivity contribution < 1.29 is 4.79 Å². The number of fused-ring (bicyclic) bond motifs is 1. The summed E-state index contributed by atoms with van der Waals surface area (Å²) in [7, 11) is 0. The van der Waals surface area contributed by atoms with Crippen LogP contribution in [0.1, 0.15) is 11.8 Å². The van der Waals surface area contributed by atoms with Crippen LogP contribution in [0.2, 0.25) is 0 Å². The number of amides is 1. The fraction of sp³-hybridized carbons (Fsp3) is 0.267. The highest BCUT2D eigenvalue weighted by atomic mass is 32.1. The Kier molecular flexibility index (Phi) is 3.81. The average Bonchev–Trinajstić information content (AvgIpc) is 3.01. The Bertz CT molecular complexity index is 890. The molecular formula is C15H16N4O2S. The molecule has 22 heavy (non-hydrogen) atoms. The highest BCUT2D eigenvalue weighted by Crippen LogP contribution is 2.17. The number of nitrogens with one attached hydrogen (secondary N) is 1. The van der Waals surface area contributed by atoms with Crippen molar-refractivity contribution in [3.8, 4) is 0 Å². The van der Waals surface area contributed by atoms with Crippen LogP contribution in [0.5, 0.6) is 0 Å². The number of anilines is 1. The molecule has 114 valence electrons. The van der Waals surface area contributed by atoms with Gasteiger partial charge in [-0.05, 0) is 26.0 Å². The molecule has 0 aliphatic heterocycles. The van der Waals surface area contributed by atoms with Gasteiger partial charge >= 0.3 is 5.69 Å². The van der Waals surface area contributed by atoms with Crippen LogP contribution in [0.15, 0.2) is 35.3 Å². The van der Waals surface area contributed by atoms with Crippen LogP contribution in [0.4, 0.5) is 5.13 Å². The molecule has 1 aromatic carbocycles. The van der Waals surface area contributed by atoms with Crippen molar-refractivity contribution in [2.75, 3.05) is 5.32 Å². The average molecular weight is 316 g/mol. The minimum absolute atomic E-state index is 0.0228. The van der Waals surface area contributed by atoms with Gasteiger partial charge < -0.3 is 5.32 Å². The van der Waals surface area contributed by atoms with Gasteiger partial charge in [0.25, 0.3) is 0 Å². The Morgan fingerprint density at radius 2 is 1.95 bits per heavy atom. The van der Waals surface area contributed by atoms with Crippen molar-refractivity contribution in [1.82, 2.24) is 14.1 Å². The number of aryl methyl sites for hydroxylation is 2. The number of hydrogen-bond acceptors (Lipinski definition) is 4. The Morgan fingerprint density at radius 1 is 1.27 bits per heavy atom. The number of nitrogens with zero attached hydrogens (tertiary/aromatic N) is 3. The van der Waals surface area contributed by atoms with Crippen molar-refractivity contribution in [2.24, 2.45) is 0 Å². The molecule has 0 bridgehead atoms. The molecule has 3 rings (SSSR count). The second kappa shape index (κ2) is 5.76. The first kappa shape index (κ1) is 14.5. The number of hydrogen-bond donors (Lipinski definition) is 1. The predicted octanol–water partition coefficient (Wildman–Crippen LogP) is 2.23. The molecular weight excluding hydrogens is 300 g/mol. The van der Waals surface area contributed by atoms with Gasteiger partial charge in [-0.1, -0.05) is 12.1 Å². The van der Waals surface area contributed by atoms with Crippen LogP contribution in [0, 0.1) is 6.92 Å². The van der Waals surface area contributed by atoms with Crippen molar-refractivity contribution in [3.05, 3.63) is 45.8 Å². The van der Waals surface area contributed by atoms with Gasteiger partial charge in [0.05, 0.1) is 11.0 Å². The topological polar surface area (TPSA) is 68.9 Å². The molecule has 0 radical (unpaired) electrons. The Balaban J connectivity index is 1.92. The van der Waals surface area contributed by atoms with E-state index in [1.807, 2.05) is 38.1 Å². The largest absolute Gasteiger partial charge is 0.329 e. The number of benzene rings is 1. The Morgan fingerprint density at radius 3 is 2.55 bits per heavy atom. The van der Waals surface area contributed by atoms with Crippen LogP contribution in [0.3, 0.4) is 0 Å². The molecule has 0 fully saturated rings. The predicted molar refractivity (Wildman–Crippen MR) is 87.4 cm³/mol. The third kappa shape index (κ3) is 2.55. The molecule has 6 nitrogen and oxygen atoms in total. The van der Waals surface area contributed by atoms with Gasteiger partial charge in [-0.2, -0.15) is 0 Å². The highest BCUT2D eigenvalue weighted by molar-refractivity contribution is 7.15. The molecule has 0 unspecified atom stereocenters. The van der Waals surface area contributed by atoms with Crippen LogP contribution < -0.4 is 11.0 Å². The van der Waals surface area contributed by atoms with E-state index in [0.29, 0.717) is 11.7 Å². The molecule has 0 atom stereocenters. The SMILES string of the molecule is CCn1c(=O)n(CC(=O)Nc2ncc(C)s2)c2ccccc21. The summed E-state index contributed by atoms with van der Waals surface area (Å²) in [5, 5.41) is 3.28. The van der Waals surface area contributed by atoms with Crippen molar-refractivity contribution in [1.29, 1.82) is 0 Å². The highest BCUT2D eigenvalue weighted by Gasteiger charge is 2.15. The van der Waals surface area contributed by atoms with E-state index in [1.165, 1.54) is 15.9 Å². The number of carbonyl (C=O) groups excluding carboxylic acids is 1. The smallest absolute Gasteiger partial charge is 0.300 e. The number of aromatic nitrogens is 3. The first-order valence-corrected chi connectivity index (χ1v) is 7.82. The second-order valence-electron chi connectivity index (χ2n) is 4.93. The molecule has 3 aromatic rings. The Hall–Kier alpha value is -2.41. The zero-order valence-electron chi connectivity index (χ0n) is 12.4. The molecule has 0 aliphatic rings. The minimum atomic E-state index is -0.254. The van der Waals surface area contributed by atoms with E-state index in [1.54, 1.807) is 10.8 Å². The van der Waals surface area contributed by atoms with E-state index in [2.05, 4.69) is 10.3 Å². The number of thiazole rings is 1. The fourth-order valence-corrected chi connectivity index (χ4v) is 3.13. The van der Waals surface area contributed by atoms with E-state index in [4.69, 9.17) is 0 Å². The lowest BCUT2D eigenvalue weighted by Crippen LogP contribution is -2.29. The molecule has 1 amide bonds. The van der Waals surface area contributed by atoms with E-state index in [-0.39, 0.29) is 18.1 Å². The van der Waals surface area contributed by atoms with Gasteiger partial charge in [-0.3, -0.25) is 13.9 Å². The van der Waals surface area contributed by atoms with Crippen LogP contribution in [-0.2, 0) is 17.9 Å². The lowest BCUT2D eigenvalue weighted by molar-refractivity contribution is -0.116. The monoisotopic (exact) mass is 316 g/mol. The molecule has 0 saturated heterocycles. The molecule has 1 N–H and O–H groups in total. The molecule has 0 spiro atoms. The van der Waals surface area contributed by atoms with E-state index in [9.17, 15) is 9.59 Å². The zero-order valence-corrected chi connectivity index (χ0v) is 13.2. The minimum Gasteiger partial charge on any atom is -0.300 e. The third-order valence-electron chi connectivity index (χ3n) is 3.41. The number of carbonyl (C=O) groups is 1. The van der Waals surface area contributed by atoms with Gasteiger partial charge in [0.2, 0.25) is 5.91 Å². The van der Waals surface area contributed by atoms with Crippen LogP contribution in [0.25, 0.3) is 11.0 Å². The van der Waals surface area contributed by atoms with Crippen molar-refractivity contribution in [2.45, 2.75) is 26.9 Å². The van der Waals surface area contributed by atoms with Gasteiger partial charge in [0.15, 0.2) is 5.13 Å². The summed E-state index contributed by atoms with van der Waals surface area (Å²) < 4.78 is 3.16. The summed E-state index contributed by atoms with van der Waals surface area (Å²) in [6, 6.07) is 7.49. The maximum atomic E-state index is 12.4. The van der Waals surface area contributed by atoms with Crippen LogP contribution >= 0.6 is 11.3 Å². The quantitative estimate of drug-likeness (QED) is 0.802. The molecule has 2 heterocycles. The lowest BCUT2D eigenvalue weighted by atomic mass is 10.3. The standard InChI is InChI=1S/C15H16N4O2S/c1-3-18-11-6-4-5-7-12(11)19(15(18)21)9-13(20)17-14-16-8-10(2)22-14/h4-8H,3,9H2,1-2H3,(H,16,17,20). The lowest BCUT2D eigenvalue weighted by Gasteiger charge is -2.03. The maximum absolute atomic E-state index is 12.4. The van der Waals surface area contributed by atoms with E-state index in [0.717, 1.165) is 15.9 Å². The second-order valence-corrected chi connectivity index (χ2v) is 6.16. The maximum Gasteiger partial charge on any atom is 0.329 e. The molecule has 7 heteroatoms. The summed E-state index contributed by atoms with van der Waals surface area (Å²) >= 11 is 1.41. The molecule has 2 aromatic heterocycles. The zero-order chi connectivity index (χ0) is 15.7. The van der Waals surface area contributed by atoms with Crippen molar-refractivity contribution in [3.63, 3.8) is 0 Å². The van der Waals surface area contributed by atoms with Gasteiger partial charge in [-0.15, -0.1) is 11.3 Å². The third-order valence-corrected chi connectivity index (χ3v) is 4.24. The van der Waals surface area contributed by atoms with Crippen molar-refractivity contribution >= 4 is 33.4 Å². The molecule has 0 aliphatic carbocycles. The number of imidazole rings is 1. The fourth-order valence-electron chi connectivity index (χ4n) is 2.45. The summed E-state index contributed by atoms with van der Waals surface area (Å²) in [6.45, 7) is 4.38. The first-order chi connectivity index (χ1) is 10.6. The van der Waals surface area contributed by atoms with Gasteiger partial charge in [0, 0.05) is 17.6 Å². The summed E-state index contributed by atoms with van der Waals surface area (Å²) in [4.78, 5) is 29.7.